The van der Waals surface area contributed by atoms with E-state index in [1.165, 1.54) is 225 Å². The van der Waals surface area contributed by atoms with E-state index in [4.69, 9.17) is 0 Å². The van der Waals surface area contributed by atoms with Gasteiger partial charge >= 0.3 is 0 Å². The van der Waals surface area contributed by atoms with Gasteiger partial charge in [-0.1, -0.05) is 271 Å². The second kappa shape index (κ2) is 50.2. The Kier molecular flexibility index (Phi) is 50.0. The molecule has 0 amide bonds. The Bertz CT molecular complexity index is 798. The largest absolute Gasteiger partial charge is 0.393 e. The molecule has 4 atom stereocenters. The number of unbranched alkanes of at least 4 members (excludes halogenated alkanes) is 36. The smallest absolute Gasteiger partial charge is 0.0681 e. The lowest BCUT2D eigenvalue weighted by molar-refractivity contribution is -0.0964. The van der Waals surface area contributed by atoms with Crippen molar-refractivity contribution in [2.45, 2.75) is 335 Å². The molecule has 0 aliphatic carbocycles. The summed E-state index contributed by atoms with van der Waals surface area (Å²) >= 11 is 0. The zero-order valence-corrected chi connectivity index (χ0v) is 42.9. The monoisotopic (exact) mass is 881 g/mol. The van der Waals surface area contributed by atoms with Crippen LogP contribution in [-0.2, 0) is 0 Å². The molecule has 0 aromatic rings. The van der Waals surface area contributed by atoms with Crippen LogP contribution in [0.25, 0.3) is 0 Å². The van der Waals surface area contributed by atoms with Gasteiger partial charge in [-0.15, -0.1) is 0 Å². The van der Waals surface area contributed by atoms with Crippen molar-refractivity contribution < 1.29 is 20.4 Å². The number of hydrazine groups is 1. The average molecular weight is 882 g/mol. The lowest BCUT2D eigenvalue weighted by Gasteiger charge is -2.39. The molecular formula is C56H116N2O4. The summed E-state index contributed by atoms with van der Waals surface area (Å²) in [7, 11) is 0. The van der Waals surface area contributed by atoms with E-state index < -0.39 is 12.2 Å². The highest BCUT2D eigenvalue weighted by molar-refractivity contribution is 4.73. The Labute approximate surface area is 389 Å². The first-order chi connectivity index (χ1) is 30.3. The molecule has 0 aliphatic rings. The zero-order valence-electron chi connectivity index (χ0n) is 42.9. The fraction of sp³-hybridized carbons (Fsp3) is 1.00. The molecule has 0 fully saturated rings. The molecule has 4 unspecified atom stereocenters. The minimum Gasteiger partial charge on any atom is -0.393 e. The molecule has 0 aromatic carbocycles. The third-order valence-electron chi connectivity index (χ3n) is 13.6. The number of rotatable bonds is 53. The van der Waals surface area contributed by atoms with E-state index in [-0.39, 0.29) is 12.2 Å². The number of aliphatic hydroxyl groups is 4. The Hall–Kier alpha value is -0.240. The summed E-state index contributed by atoms with van der Waals surface area (Å²) in [6.45, 7) is 11.3. The van der Waals surface area contributed by atoms with Crippen LogP contribution in [0, 0.1) is 0 Å². The average Bonchev–Trinajstić information content (AvgIpc) is 3.25. The van der Waals surface area contributed by atoms with Gasteiger partial charge in [0.15, 0.2) is 0 Å². The van der Waals surface area contributed by atoms with Crippen molar-refractivity contribution in [3.05, 3.63) is 0 Å². The molecule has 6 heteroatoms. The van der Waals surface area contributed by atoms with Crippen LogP contribution >= 0.6 is 0 Å². The first-order valence-corrected chi connectivity index (χ1v) is 28.6. The predicted octanol–water partition coefficient (Wildman–Crippen LogP) is 16.2. The normalized spacial score (nSPS) is 14.0. The molecule has 0 saturated carbocycles. The van der Waals surface area contributed by atoms with Crippen LogP contribution in [0.3, 0.4) is 0 Å². The van der Waals surface area contributed by atoms with Gasteiger partial charge in [-0.05, 0) is 39.0 Å². The van der Waals surface area contributed by atoms with Crippen LogP contribution in [0.1, 0.15) is 310 Å². The summed E-state index contributed by atoms with van der Waals surface area (Å²) in [5.41, 5.74) is 0. The highest BCUT2D eigenvalue weighted by Crippen LogP contribution is 2.19. The summed E-state index contributed by atoms with van der Waals surface area (Å²) in [6, 6.07) is 0. The van der Waals surface area contributed by atoms with Gasteiger partial charge in [0, 0.05) is 26.2 Å². The Morgan fingerprint density at radius 1 is 0.258 bits per heavy atom. The van der Waals surface area contributed by atoms with Gasteiger partial charge in [0.1, 0.15) is 0 Å². The van der Waals surface area contributed by atoms with E-state index in [0.717, 1.165) is 64.3 Å². The first kappa shape index (κ1) is 61.8. The van der Waals surface area contributed by atoms with Gasteiger partial charge < -0.3 is 20.4 Å². The van der Waals surface area contributed by atoms with E-state index in [1.54, 1.807) is 0 Å². The van der Waals surface area contributed by atoms with Crippen LogP contribution < -0.4 is 0 Å². The van der Waals surface area contributed by atoms with Crippen molar-refractivity contribution in [1.29, 1.82) is 0 Å². The van der Waals surface area contributed by atoms with Crippen LogP contribution in [0.15, 0.2) is 0 Å². The topological polar surface area (TPSA) is 87.4 Å². The Morgan fingerprint density at radius 3 is 0.726 bits per heavy atom. The minimum absolute atomic E-state index is 0.162. The molecule has 0 bridgehead atoms. The van der Waals surface area contributed by atoms with Crippen molar-refractivity contribution in [3.8, 4) is 0 Å². The molecule has 0 aliphatic heterocycles. The van der Waals surface area contributed by atoms with Crippen molar-refractivity contribution in [1.82, 2.24) is 10.0 Å². The second-order valence-electron chi connectivity index (χ2n) is 20.3. The minimum atomic E-state index is -0.415. The molecule has 0 radical (unpaired) electrons. The predicted molar refractivity (Wildman–Crippen MR) is 273 cm³/mol. The SMILES string of the molecule is CCCCCCCCCCCCC(O)CN(CCCCCCCCCCCCC(C)O)N(CC(O)CCCCCCCCCCCC)CC(O)CCCCCCCCCCCC. The van der Waals surface area contributed by atoms with Gasteiger partial charge in [-0.25, -0.2) is 10.0 Å². The molecule has 62 heavy (non-hydrogen) atoms. The molecule has 0 saturated heterocycles. The lowest BCUT2D eigenvalue weighted by Crippen LogP contribution is -2.52. The number of aliphatic hydroxyl groups excluding tert-OH is 4. The molecule has 6 nitrogen and oxygen atoms in total. The third kappa shape index (κ3) is 46.3. The second-order valence-corrected chi connectivity index (χ2v) is 20.3. The summed E-state index contributed by atoms with van der Waals surface area (Å²) < 4.78 is 0. The summed E-state index contributed by atoms with van der Waals surface area (Å²) in [5.74, 6) is 0. The van der Waals surface area contributed by atoms with E-state index in [9.17, 15) is 20.4 Å². The third-order valence-corrected chi connectivity index (χ3v) is 13.6. The number of nitrogens with zero attached hydrogens (tertiary/aromatic N) is 2. The summed E-state index contributed by atoms with van der Waals surface area (Å²) in [5, 5.41) is 48.5. The van der Waals surface area contributed by atoms with E-state index in [1.807, 2.05) is 6.92 Å². The van der Waals surface area contributed by atoms with Gasteiger partial charge in [0.2, 0.25) is 0 Å². The summed E-state index contributed by atoms with van der Waals surface area (Å²) in [6.07, 6.45) is 53.5. The van der Waals surface area contributed by atoms with Crippen LogP contribution in [0.4, 0.5) is 0 Å². The quantitative estimate of drug-likeness (QED) is 0.0360. The fourth-order valence-electron chi connectivity index (χ4n) is 9.41. The van der Waals surface area contributed by atoms with E-state index >= 15 is 0 Å². The van der Waals surface area contributed by atoms with Crippen molar-refractivity contribution in [3.63, 3.8) is 0 Å². The van der Waals surface area contributed by atoms with Gasteiger partial charge in [0.25, 0.3) is 0 Å². The standard InChI is InChI=1S/C56H116N2O4/c1-5-8-11-14-17-20-26-31-36-41-46-54(60)50-57(49-44-39-34-29-24-23-25-30-35-40-45-53(4)59)58(51-55(61)47-42-37-32-27-21-18-15-12-9-6-2)52-56(62)48-43-38-33-28-22-19-16-13-10-7-3/h53-56,59-62H,5-52H2,1-4H3. The number of hydrogen-bond acceptors (Lipinski definition) is 6. The zero-order chi connectivity index (χ0) is 45.4. The van der Waals surface area contributed by atoms with Crippen molar-refractivity contribution in [2.75, 3.05) is 26.2 Å². The van der Waals surface area contributed by atoms with Crippen LogP contribution in [0.5, 0.6) is 0 Å². The highest BCUT2D eigenvalue weighted by Gasteiger charge is 2.24. The highest BCUT2D eigenvalue weighted by atomic mass is 16.3. The number of hydrogen-bond donors (Lipinski definition) is 4. The molecule has 0 spiro atoms. The Balaban J connectivity index is 5.26. The van der Waals surface area contributed by atoms with E-state index in [0.29, 0.717) is 19.6 Å². The summed E-state index contributed by atoms with van der Waals surface area (Å²) in [4.78, 5) is 0. The van der Waals surface area contributed by atoms with E-state index in [2.05, 4.69) is 30.8 Å². The van der Waals surface area contributed by atoms with Crippen molar-refractivity contribution in [2.24, 2.45) is 0 Å². The molecule has 0 heterocycles. The van der Waals surface area contributed by atoms with Gasteiger partial charge in [0.05, 0.1) is 24.4 Å². The fourth-order valence-corrected chi connectivity index (χ4v) is 9.41. The van der Waals surface area contributed by atoms with Gasteiger partial charge in [-0.2, -0.15) is 0 Å². The molecule has 4 N–H and O–H groups in total. The first-order valence-electron chi connectivity index (χ1n) is 28.6. The molecule has 374 valence electrons. The molecule has 0 rings (SSSR count). The molecular weight excluding hydrogens is 765 g/mol. The maximum Gasteiger partial charge on any atom is 0.0681 e. The lowest BCUT2D eigenvalue weighted by atomic mass is 10.0. The van der Waals surface area contributed by atoms with Crippen molar-refractivity contribution >= 4 is 0 Å². The van der Waals surface area contributed by atoms with Gasteiger partial charge in [-0.3, -0.25) is 0 Å². The van der Waals surface area contributed by atoms with Crippen LogP contribution in [0.2, 0.25) is 0 Å². The molecule has 0 aromatic heterocycles. The maximum atomic E-state index is 11.5. The maximum absolute atomic E-state index is 11.5. The van der Waals surface area contributed by atoms with Crippen LogP contribution in [-0.4, -0.2) is 81.0 Å². The Morgan fingerprint density at radius 2 is 0.468 bits per heavy atom.